The number of benzene rings is 3. The van der Waals surface area contributed by atoms with Gasteiger partial charge in [-0.1, -0.05) is 24.3 Å². The zero-order valence-electron chi connectivity index (χ0n) is 18.1. The molecule has 0 aliphatic carbocycles. The first-order valence-electron chi connectivity index (χ1n) is 10.6. The zero-order chi connectivity index (χ0) is 24.1. The number of sulfonamides is 1. The molecule has 0 fully saturated rings. The summed E-state index contributed by atoms with van der Waals surface area (Å²) >= 11 is 0. The van der Waals surface area contributed by atoms with Gasteiger partial charge < -0.3 is 10.1 Å². The van der Waals surface area contributed by atoms with Crippen molar-refractivity contribution in [1.82, 2.24) is 0 Å². The van der Waals surface area contributed by atoms with E-state index in [1.807, 2.05) is 24.3 Å². The first kappa shape index (κ1) is 23.0. The number of aryl methyl sites for hydroxylation is 1. The van der Waals surface area contributed by atoms with E-state index in [9.17, 15) is 18.0 Å². The highest BCUT2D eigenvalue weighted by molar-refractivity contribution is 7.92. The molecule has 0 bridgehead atoms. The van der Waals surface area contributed by atoms with Gasteiger partial charge in [-0.3, -0.25) is 9.10 Å². The molecule has 4 rings (SSSR count). The van der Waals surface area contributed by atoms with Crippen molar-refractivity contribution in [2.45, 2.75) is 17.7 Å². The molecule has 0 aromatic heterocycles. The molecule has 34 heavy (non-hydrogen) atoms. The monoisotopic (exact) mass is 475 g/mol. The van der Waals surface area contributed by atoms with Crippen molar-refractivity contribution >= 4 is 33.3 Å². The molecule has 1 heterocycles. The minimum atomic E-state index is -3.79. The predicted molar refractivity (Wildman–Crippen MR) is 126 cm³/mol. The van der Waals surface area contributed by atoms with Crippen molar-refractivity contribution in [3.05, 3.63) is 89.5 Å². The van der Waals surface area contributed by atoms with Crippen molar-refractivity contribution in [3.63, 3.8) is 0 Å². The van der Waals surface area contributed by atoms with Gasteiger partial charge in [0.1, 0.15) is 0 Å². The maximum atomic E-state index is 13.2. The van der Waals surface area contributed by atoms with E-state index in [0.29, 0.717) is 23.5 Å². The maximum absolute atomic E-state index is 13.2. The summed E-state index contributed by atoms with van der Waals surface area (Å²) in [5, 5.41) is 11.5. The molecule has 0 radical (unpaired) electrons. The average Bonchev–Trinajstić information content (AvgIpc) is 2.87. The lowest BCUT2D eigenvalue weighted by Gasteiger charge is -2.30. The van der Waals surface area contributed by atoms with Crippen molar-refractivity contribution in [2.75, 3.05) is 22.8 Å². The Morgan fingerprint density at radius 1 is 1.03 bits per heavy atom. The van der Waals surface area contributed by atoms with E-state index in [0.717, 1.165) is 18.4 Å². The fraction of sp³-hybridized carbons (Fsp3) is 0.160. The third-order valence-electron chi connectivity index (χ3n) is 5.36. The van der Waals surface area contributed by atoms with Crippen LogP contribution < -0.4 is 9.62 Å². The summed E-state index contributed by atoms with van der Waals surface area (Å²) in [4.78, 5) is 24.4. The lowest BCUT2D eigenvalue weighted by atomic mass is 10.0. The standard InChI is InChI=1S/C25H21N3O5S/c26-16-18-5-3-8-21(15-18)27-24(29)17-33-25(30)20-10-12-22(13-11-20)34(31,32)28-14-4-7-19-6-1-2-9-23(19)28/h1-3,5-6,8-13,15H,4,7,14,17H2,(H,27,29). The molecule has 3 aromatic rings. The molecular formula is C25H21N3O5S. The fourth-order valence-corrected chi connectivity index (χ4v) is 5.26. The molecule has 1 aliphatic heterocycles. The number of carbonyl (C=O) groups excluding carboxylic acids is 2. The molecule has 3 aromatic carbocycles. The summed E-state index contributed by atoms with van der Waals surface area (Å²) in [6.45, 7) is -0.143. The Morgan fingerprint density at radius 3 is 2.56 bits per heavy atom. The number of esters is 1. The van der Waals surface area contributed by atoms with E-state index >= 15 is 0 Å². The second kappa shape index (κ2) is 9.77. The minimum Gasteiger partial charge on any atom is -0.452 e. The molecule has 8 nitrogen and oxygen atoms in total. The van der Waals surface area contributed by atoms with Crippen LogP contribution in [0.5, 0.6) is 0 Å². The number of rotatable bonds is 6. The summed E-state index contributed by atoms with van der Waals surface area (Å²) < 4.78 is 32.8. The topological polar surface area (TPSA) is 117 Å². The Bertz CT molecular complexity index is 1380. The maximum Gasteiger partial charge on any atom is 0.338 e. The number of hydrogen-bond donors (Lipinski definition) is 1. The molecule has 1 amide bonds. The number of hydrogen-bond acceptors (Lipinski definition) is 6. The molecular weight excluding hydrogens is 454 g/mol. The Hall–Kier alpha value is -4.16. The zero-order valence-corrected chi connectivity index (χ0v) is 18.9. The predicted octanol–water partition coefficient (Wildman–Crippen LogP) is 3.50. The minimum absolute atomic E-state index is 0.0656. The molecule has 0 spiro atoms. The van der Waals surface area contributed by atoms with Crippen LogP contribution in [-0.2, 0) is 26.0 Å². The molecule has 0 atom stereocenters. The highest BCUT2D eigenvalue weighted by Gasteiger charge is 2.29. The smallest absolute Gasteiger partial charge is 0.338 e. The number of nitriles is 1. The fourth-order valence-electron chi connectivity index (χ4n) is 3.72. The number of nitrogens with one attached hydrogen (secondary N) is 1. The number of nitrogens with zero attached hydrogens (tertiary/aromatic N) is 2. The van der Waals surface area contributed by atoms with Gasteiger partial charge in [0.25, 0.3) is 15.9 Å². The van der Waals surface area contributed by atoms with E-state index in [1.54, 1.807) is 24.3 Å². The van der Waals surface area contributed by atoms with Crippen LogP contribution in [0, 0.1) is 11.3 Å². The number of anilines is 2. The van der Waals surface area contributed by atoms with Crippen LogP contribution in [-0.4, -0.2) is 33.4 Å². The first-order chi connectivity index (χ1) is 16.4. The highest BCUT2D eigenvalue weighted by Crippen LogP contribution is 2.31. The SMILES string of the molecule is N#Cc1cccc(NC(=O)COC(=O)c2ccc(S(=O)(=O)N3CCCc4ccccc43)cc2)c1. The van der Waals surface area contributed by atoms with Crippen LogP contribution in [0.4, 0.5) is 11.4 Å². The Balaban J connectivity index is 1.40. The molecule has 0 saturated heterocycles. The van der Waals surface area contributed by atoms with Gasteiger partial charge in [0.2, 0.25) is 0 Å². The van der Waals surface area contributed by atoms with E-state index in [4.69, 9.17) is 10.00 Å². The van der Waals surface area contributed by atoms with Crippen LogP contribution in [0.1, 0.15) is 27.9 Å². The average molecular weight is 476 g/mol. The normalized spacial score (nSPS) is 12.9. The summed E-state index contributed by atoms with van der Waals surface area (Å²) in [5.41, 5.74) is 2.57. The number of amides is 1. The molecule has 0 saturated carbocycles. The number of para-hydroxylation sites is 1. The Kier molecular flexibility index (Phi) is 6.61. The van der Waals surface area contributed by atoms with Crippen LogP contribution >= 0.6 is 0 Å². The van der Waals surface area contributed by atoms with Gasteiger partial charge in [0.15, 0.2) is 6.61 Å². The lowest BCUT2D eigenvalue weighted by Crippen LogP contribution is -2.35. The number of ether oxygens (including phenoxy) is 1. The number of fused-ring (bicyclic) bond motifs is 1. The van der Waals surface area contributed by atoms with E-state index in [2.05, 4.69) is 5.32 Å². The van der Waals surface area contributed by atoms with Crippen LogP contribution in [0.2, 0.25) is 0 Å². The van der Waals surface area contributed by atoms with Crippen molar-refractivity contribution in [2.24, 2.45) is 0 Å². The summed E-state index contributed by atoms with van der Waals surface area (Å²) in [6.07, 6.45) is 1.55. The summed E-state index contributed by atoms with van der Waals surface area (Å²) in [7, 11) is -3.79. The molecule has 1 aliphatic rings. The quantitative estimate of drug-likeness (QED) is 0.546. The van der Waals surface area contributed by atoms with E-state index in [-0.39, 0.29) is 10.5 Å². The van der Waals surface area contributed by atoms with Gasteiger partial charge in [-0.2, -0.15) is 5.26 Å². The van der Waals surface area contributed by atoms with Crippen molar-refractivity contribution < 1.29 is 22.7 Å². The summed E-state index contributed by atoms with van der Waals surface area (Å²) in [5.74, 6) is -1.32. The van der Waals surface area contributed by atoms with Gasteiger partial charge in [-0.15, -0.1) is 0 Å². The van der Waals surface area contributed by atoms with Gasteiger partial charge >= 0.3 is 5.97 Å². The van der Waals surface area contributed by atoms with Crippen molar-refractivity contribution in [1.29, 1.82) is 5.26 Å². The van der Waals surface area contributed by atoms with Gasteiger partial charge in [-0.05, 0) is 66.9 Å². The molecule has 1 N–H and O–H groups in total. The Morgan fingerprint density at radius 2 is 1.79 bits per heavy atom. The second-order valence-corrected chi connectivity index (χ2v) is 9.51. The van der Waals surface area contributed by atoms with Crippen LogP contribution in [0.25, 0.3) is 0 Å². The molecule has 172 valence electrons. The first-order valence-corrected chi connectivity index (χ1v) is 12.0. The summed E-state index contributed by atoms with van der Waals surface area (Å²) in [6, 6.07) is 21.2. The molecule has 9 heteroatoms. The lowest BCUT2D eigenvalue weighted by molar-refractivity contribution is -0.119. The van der Waals surface area contributed by atoms with Gasteiger partial charge in [-0.25, -0.2) is 13.2 Å². The van der Waals surface area contributed by atoms with Gasteiger partial charge in [0.05, 0.1) is 27.8 Å². The Labute approximate surface area is 197 Å². The van der Waals surface area contributed by atoms with Crippen LogP contribution in [0.15, 0.2) is 77.7 Å². The third kappa shape index (κ3) is 4.92. The van der Waals surface area contributed by atoms with Gasteiger partial charge in [0, 0.05) is 12.2 Å². The highest BCUT2D eigenvalue weighted by atomic mass is 32.2. The molecule has 0 unspecified atom stereocenters. The third-order valence-corrected chi connectivity index (χ3v) is 7.18. The second-order valence-electron chi connectivity index (χ2n) is 7.65. The van der Waals surface area contributed by atoms with E-state index < -0.39 is 28.5 Å². The van der Waals surface area contributed by atoms with E-state index in [1.165, 1.54) is 34.6 Å². The van der Waals surface area contributed by atoms with Crippen molar-refractivity contribution in [3.8, 4) is 6.07 Å². The largest absolute Gasteiger partial charge is 0.452 e. The van der Waals surface area contributed by atoms with Crippen LogP contribution in [0.3, 0.4) is 0 Å². The number of carbonyl (C=O) groups is 2.